The zero-order chi connectivity index (χ0) is 19.1. The largest absolute Gasteiger partial charge is 0.456 e. The highest BCUT2D eigenvalue weighted by atomic mass is 127. The van der Waals surface area contributed by atoms with Gasteiger partial charge in [-0.2, -0.15) is 0 Å². The van der Waals surface area contributed by atoms with Crippen molar-refractivity contribution in [3.05, 3.63) is 75.1 Å². The number of allylic oxidation sites excluding steroid dienone is 1. The highest BCUT2D eigenvalue weighted by Crippen LogP contribution is 2.65. The molecule has 1 saturated heterocycles. The first-order valence-corrected chi connectivity index (χ1v) is 11.3. The Balaban J connectivity index is 1.82. The maximum Gasteiger partial charge on any atom is 0.365 e. The van der Waals surface area contributed by atoms with E-state index in [9.17, 15) is 4.57 Å². The van der Waals surface area contributed by atoms with Gasteiger partial charge in [0.05, 0.1) is 13.2 Å². The molecular formula is C21H20IO4P. The highest BCUT2D eigenvalue weighted by Gasteiger charge is 2.42. The van der Waals surface area contributed by atoms with Gasteiger partial charge in [0.25, 0.3) is 0 Å². The number of ether oxygens (including phenoxy) is 1. The van der Waals surface area contributed by atoms with Gasteiger partial charge in [0.1, 0.15) is 16.8 Å². The number of benzene rings is 2. The molecule has 2 aliphatic heterocycles. The summed E-state index contributed by atoms with van der Waals surface area (Å²) in [6.07, 6.45) is 3.81. The molecular weight excluding hydrogens is 474 g/mol. The molecule has 0 aromatic heterocycles. The summed E-state index contributed by atoms with van der Waals surface area (Å²) in [6, 6.07) is 15.5. The van der Waals surface area contributed by atoms with Crippen molar-refractivity contribution in [2.24, 2.45) is 5.41 Å². The van der Waals surface area contributed by atoms with E-state index in [4.69, 9.17) is 13.8 Å². The molecule has 0 saturated carbocycles. The van der Waals surface area contributed by atoms with Crippen molar-refractivity contribution in [1.82, 2.24) is 0 Å². The first-order chi connectivity index (χ1) is 12.9. The van der Waals surface area contributed by atoms with Crippen LogP contribution in [0.1, 0.15) is 25.0 Å². The van der Waals surface area contributed by atoms with E-state index in [2.05, 4.69) is 22.6 Å². The van der Waals surface area contributed by atoms with Gasteiger partial charge in [-0.1, -0.05) is 44.2 Å². The summed E-state index contributed by atoms with van der Waals surface area (Å²) in [5.74, 6) is 1.23. The molecule has 1 fully saturated rings. The standard InChI is InChI=1S/C21H20IO4P/c1-21(2)13-24-27(23,25-14-21)20(15-6-4-3-5-7-15)19-10-8-16-12-17(22)9-11-18(16)26-19/h3-12H,13-14H2,1-2H3/b20-19+. The van der Waals surface area contributed by atoms with Crippen molar-refractivity contribution in [3.8, 4) is 5.75 Å². The lowest BCUT2D eigenvalue weighted by Crippen LogP contribution is -2.29. The van der Waals surface area contributed by atoms with Crippen LogP contribution in [0.2, 0.25) is 0 Å². The Morgan fingerprint density at radius 3 is 2.44 bits per heavy atom. The van der Waals surface area contributed by atoms with Crippen LogP contribution in [0.3, 0.4) is 0 Å². The normalized spacial score (nSPS) is 21.9. The molecule has 2 aromatic carbocycles. The van der Waals surface area contributed by atoms with E-state index >= 15 is 0 Å². The molecule has 4 nitrogen and oxygen atoms in total. The molecule has 4 rings (SSSR count). The second kappa shape index (κ2) is 7.21. The molecule has 0 radical (unpaired) electrons. The van der Waals surface area contributed by atoms with Crippen LogP contribution in [0.4, 0.5) is 0 Å². The van der Waals surface area contributed by atoms with Gasteiger partial charge in [-0.3, -0.25) is 4.57 Å². The SMILES string of the molecule is CC1(C)COP(=O)(/C(=C2\C=Cc3cc(I)ccc3O2)c2ccccc2)OC1. The number of hydrogen-bond donors (Lipinski definition) is 0. The fraction of sp³-hybridized carbons (Fsp3) is 0.238. The fourth-order valence-electron chi connectivity index (χ4n) is 2.95. The van der Waals surface area contributed by atoms with Gasteiger partial charge in [-0.25, -0.2) is 0 Å². The van der Waals surface area contributed by atoms with Gasteiger partial charge >= 0.3 is 7.60 Å². The summed E-state index contributed by atoms with van der Waals surface area (Å²) in [5.41, 5.74) is 1.59. The molecule has 0 amide bonds. The van der Waals surface area contributed by atoms with Crippen LogP contribution in [0, 0.1) is 8.99 Å². The molecule has 2 heterocycles. The predicted molar refractivity (Wildman–Crippen MR) is 115 cm³/mol. The minimum atomic E-state index is -3.51. The van der Waals surface area contributed by atoms with E-state index in [1.807, 2.05) is 74.5 Å². The third kappa shape index (κ3) is 3.92. The van der Waals surface area contributed by atoms with Crippen LogP contribution in [0.25, 0.3) is 11.4 Å². The lowest BCUT2D eigenvalue weighted by Gasteiger charge is -2.35. The van der Waals surface area contributed by atoms with Crippen molar-refractivity contribution in [2.75, 3.05) is 13.2 Å². The van der Waals surface area contributed by atoms with Crippen molar-refractivity contribution < 1.29 is 18.3 Å². The smallest absolute Gasteiger partial charge is 0.365 e. The van der Waals surface area contributed by atoms with E-state index < -0.39 is 7.60 Å². The average Bonchev–Trinajstić information content (AvgIpc) is 2.66. The summed E-state index contributed by atoms with van der Waals surface area (Å²) < 4.78 is 32.6. The van der Waals surface area contributed by atoms with Crippen molar-refractivity contribution in [3.63, 3.8) is 0 Å². The van der Waals surface area contributed by atoms with Crippen LogP contribution in [0.5, 0.6) is 5.75 Å². The van der Waals surface area contributed by atoms with E-state index in [1.165, 1.54) is 0 Å². The van der Waals surface area contributed by atoms with Crippen LogP contribution >= 0.6 is 30.2 Å². The Morgan fingerprint density at radius 2 is 1.74 bits per heavy atom. The van der Waals surface area contributed by atoms with Crippen LogP contribution in [-0.4, -0.2) is 13.2 Å². The molecule has 0 aliphatic carbocycles. The van der Waals surface area contributed by atoms with Crippen molar-refractivity contribution in [1.29, 1.82) is 0 Å². The quantitative estimate of drug-likeness (QED) is 0.362. The molecule has 0 atom stereocenters. The minimum Gasteiger partial charge on any atom is -0.456 e. The maximum atomic E-state index is 13.7. The van der Waals surface area contributed by atoms with Gasteiger partial charge in [0, 0.05) is 14.5 Å². The minimum absolute atomic E-state index is 0.174. The zero-order valence-electron chi connectivity index (χ0n) is 15.1. The summed E-state index contributed by atoms with van der Waals surface area (Å²) >= 11 is 2.27. The monoisotopic (exact) mass is 494 g/mol. The van der Waals surface area contributed by atoms with Crippen LogP contribution in [-0.2, 0) is 13.6 Å². The number of hydrogen-bond acceptors (Lipinski definition) is 4. The van der Waals surface area contributed by atoms with Gasteiger partial charge in [0.15, 0.2) is 0 Å². The first-order valence-electron chi connectivity index (χ1n) is 8.71. The van der Waals surface area contributed by atoms with Gasteiger partial charge < -0.3 is 13.8 Å². The van der Waals surface area contributed by atoms with E-state index in [0.29, 0.717) is 24.3 Å². The van der Waals surface area contributed by atoms with Crippen LogP contribution in [0.15, 0.2) is 60.4 Å². The summed E-state index contributed by atoms with van der Waals surface area (Å²) in [4.78, 5) is 0. The van der Waals surface area contributed by atoms with E-state index in [0.717, 1.165) is 20.4 Å². The maximum absolute atomic E-state index is 13.7. The van der Waals surface area contributed by atoms with E-state index in [1.54, 1.807) is 0 Å². The summed E-state index contributed by atoms with van der Waals surface area (Å²) in [6.45, 7) is 4.79. The Morgan fingerprint density at radius 1 is 1.04 bits per heavy atom. The molecule has 140 valence electrons. The summed E-state index contributed by atoms with van der Waals surface area (Å²) in [7, 11) is -3.51. The lowest BCUT2D eigenvalue weighted by atomic mass is 9.97. The second-order valence-electron chi connectivity index (χ2n) is 7.40. The molecule has 2 aliphatic rings. The van der Waals surface area contributed by atoms with Gasteiger partial charge in [-0.05, 0) is 58.5 Å². The number of fused-ring (bicyclic) bond motifs is 1. The topological polar surface area (TPSA) is 44.8 Å². The van der Waals surface area contributed by atoms with Gasteiger partial charge in [-0.15, -0.1) is 0 Å². The van der Waals surface area contributed by atoms with Crippen molar-refractivity contribution >= 4 is 41.6 Å². The zero-order valence-corrected chi connectivity index (χ0v) is 18.2. The Hall–Kier alpha value is -1.40. The molecule has 0 unspecified atom stereocenters. The number of rotatable bonds is 2. The van der Waals surface area contributed by atoms with Crippen LogP contribution < -0.4 is 4.74 Å². The van der Waals surface area contributed by atoms with Gasteiger partial charge in [0.2, 0.25) is 0 Å². The molecule has 0 bridgehead atoms. The van der Waals surface area contributed by atoms with Crippen molar-refractivity contribution in [2.45, 2.75) is 13.8 Å². The average molecular weight is 494 g/mol. The third-order valence-electron chi connectivity index (χ3n) is 4.41. The molecule has 2 aromatic rings. The molecule has 27 heavy (non-hydrogen) atoms. The fourth-order valence-corrected chi connectivity index (χ4v) is 5.69. The molecule has 0 spiro atoms. The summed E-state index contributed by atoms with van der Waals surface area (Å²) in [5, 5.41) is 0.471. The Labute approximate surface area is 172 Å². The molecule has 0 N–H and O–H groups in total. The third-order valence-corrected chi connectivity index (χ3v) is 7.05. The second-order valence-corrected chi connectivity index (χ2v) is 10.6. The predicted octanol–water partition coefficient (Wildman–Crippen LogP) is 6.33. The highest BCUT2D eigenvalue weighted by molar-refractivity contribution is 14.1. The Bertz CT molecular complexity index is 965. The Kier molecular flexibility index (Phi) is 5.06. The first kappa shape index (κ1) is 18.9. The molecule has 6 heteroatoms. The van der Waals surface area contributed by atoms with E-state index in [-0.39, 0.29) is 5.41 Å². The lowest BCUT2D eigenvalue weighted by molar-refractivity contribution is 0.0466. The number of halogens is 1.